The fourth-order valence-electron chi connectivity index (χ4n) is 2.47. The monoisotopic (exact) mass is 297 g/mol. The summed E-state index contributed by atoms with van der Waals surface area (Å²) in [6, 6.07) is 0. The Morgan fingerprint density at radius 1 is 1.65 bits per heavy atom. The first-order chi connectivity index (χ1) is 9.51. The zero-order valence-electron chi connectivity index (χ0n) is 12.4. The van der Waals surface area contributed by atoms with E-state index in [0.29, 0.717) is 19.0 Å². The molecular formula is C14H23N3O2S. The Bertz CT molecular complexity index is 463. The summed E-state index contributed by atoms with van der Waals surface area (Å²) in [5.41, 5.74) is 0.978. The number of carbonyl (C=O) groups is 1. The molecule has 0 saturated carbocycles. The number of hydrogen-bond acceptors (Lipinski definition) is 5. The highest BCUT2D eigenvalue weighted by Gasteiger charge is 2.24. The largest absolute Gasteiger partial charge is 0.392 e. The van der Waals surface area contributed by atoms with Crippen LogP contribution in [-0.2, 0) is 11.3 Å². The van der Waals surface area contributed by atoms with Gasteiger partial charge in [-0.1, -0.05) is 6.92 Å². The zero-order valence-corrected chi connectivity index (χ0v) is 13.2. The third-order valence-corrected chi connectivity index (χ3v) is 4.77. The molecular weight excluding hydrogens is 274 g/mol. The molecule has 0 aromatic carbocycles. The van der Waals surface area contributed by atoms with Crippen molar-refractivity contribution in [2.45, 2.75) is 39.8 Å². The van der Waals surface area contributed by atoms with Crippen LogP contribution in [0.4, 0.5) is 5.13 Å². The van der Waals surface area contributed by atoms with Crippen molar-refractivity contribution in [3.8, 4) is 0 Å². The molecule has 1 aromatic heterocycles. The molecule has 1 N–H and O–H groups in total. The van der Waals surface area contributed by atoms with E-state index in [0.717, 1.165) is 30.3 Å². The average Bonchev–Trinajstić information content (AvgIpc) is 2.82. The van der Waals surface area contributed by atoms with Crippen molar-refractivity contribution in [3.05, 3.63) is 11.1 Å². The fourth-order valence-corrected chi connectivity index (χ4v) is 3.40. The van der Waals surface area contributed by atoms with Crippen LogP contribution in [-0.4, -0.2) is 46.6 Å². The van der Waals surface area contributed by atoms with Crippen molar-refractivity contribution >= 4 is 22.4 Å². The lowest BCUT2D eigenvalue weighted by Crippen LogP contribution is -2.42. The summed E-state index contributed by atoms with van der Waals surface area (Å²) < 4.78 is 0. The lowest BCUT2D eigenvalue weighted by molar-refractivity contribution is -0.116. The number of β-amino-alcohol motifs (C(OH)–C–C–N with tert-alkyl or cyclic N) is 1. The summed E-state index contributed by atoms with van der Waals surface area (Å²) in [4.78, 5) is 20.0. The van der Waals surface area contributed by atoms with Gasteiger partial charge < -0.3 is 5.11 Å². The van der Waals surface area contributed by atoms with Crippen LogP contribution in [0.2, 0.25) is 0 Å². The maximum Gasteiger partial charge on any atom is 0.225 e. The van der Waals surface area contributed by atoms with Crippen LogP contribution in [0.5, 0.6) is 0 Å². The van der Waals surface area contributed by atoms with Gasteiger partial charge in [-0.15, -0.1) is 11.3 Å². The van der Waals surface area contributed by atoms with Gasteiger partial charge in [0.05, 0.1) is 11.8 Å². The van der Waals surface area contributed by atoms with Crippen LogP contribution >= 0.6 is 11.3 Å². The van der Waals surface area contributed by atoms with E-state index in [4.69, 9.17) is 0 Å². The van der Waals surface area contributed by atoms with Crippen molar-refractivity contribution < 1.29 is 9.90 Å². The molecule has 0 aliphatic carbocycles. The first-order valence-corrected chi connectivity index (χ1v) is 8.02. The van der Waals surface area contributed by atoms with Crippen LogP contribution in [0.25, 0.3) is 0 Å². The van der Waals surface area contributed by atoms with Crippen molar-refractivity contribution in [1.29, 1.82) is 0 Å². The fraction of sp³-hybridized carbons (Fsp3) is 0.714. The van der Waals surface area contributed by atoms with Gasteiger partial charge in [0.1, 0.15) is 0 Å². The van der Waals surface area contributed by atoms with Crippen LogP contribution in [0.3, 0.4) is 0 Å². The van der Waals surface area contributed by atoms with Gasteiger partial charge in [0, 0.05) is 31.9 Å². The molecule has 0 bridgehead atoms. The number of likely N-dealkylation sites (tertiary alicyclic amines) is 1. The standard InChI is InChI=1S/C14H23N3O2S/c1-4-17(11(3)18)14-15-12(9-20-14)7-16-6-5-10(2)13(19)8-16/h9-10,13,19H,4-8H2,1-3H3. The van der Waals surface area contributed by atoms with Gasteiger partial charge in [0.25, 0.3) is 0 Å². The second kappa shape index (κ2) is 6.65. The number of amides is 1. The van der Waals surface area contributed by atoms with Crippen LogP contribution in [0.15, 0.2) is 5.38 Å². The predicted octanol–water partition coefficient (Wildman–Crippen LogP) is 1.72. The van der Waals surface area contributed by atoms with Gasteiger partial charge in [-0.2, -0.15) is 0 Å². The Morgan fingerprint density at radius 3 is 3.00 bits per heavy atom. The highest BCUT2D eigenvalue weighted by molar-refractivity contribution is 7.14. The molecule has 2 unspecified atom stereocenters. The summed E-state index contributed by atoms with van der Waals surface area (Å²) in [7, 11) is 0. The number of anilines is 1. The Labute approximate surface area is 124 Å². The molecule has 5 nitrogen and oxygen atoms in total. The molecule has 2 atom stereocenters. The van der Waals surface area contributed by atoms with Gasteiger partial charge in [0.2, 0.25) is 5.91 Å². The Balaban J connectivity index is 1.97. The Hall–Kier alpha value is -0.980. The summed E-state index contributed by atoms with van der Waals surface area (Å²) in [5, 5.41) is 12.7. The van der Waals surface area contributed by atoms with Crippen LogP contribution < -0.4 is 4.90 Å². The molecule has 1 fully saturated rings. The van der Waals surface area contributed by atoms with E-state index < -0.39 is 0 Å². The SMILES string of the molecule is CCN(C(C)=O)c1nc(CN2CCC(C)C(O)C2)cs1. The second-order valence-corrected chi connectivity index (χ2v) is 6.29. The molecule has 2 rings (SSSR count). The minimum Gasteiger partial charge on any atom is -0.392 e. The average molecular weight is 297 g/mol. The van der Waals surface area contributed by atoms with E-state index in [9.17, 15) is 9.90 Å². The normalized spacial score (nSPS) is 23.8. The summed E-state index contributed by atoms with van der Waals surface area (Å²) in [5.74, 6) is 0.404. The minimum atomic E-state index is -0.244. The number of aliphatic hydroxyl groups is 1. The summed E-state index contributed by atoms with van der Waals surface area (Å²) >= 11 is 1.51. The molecule has 1 aromatic rings. The van der Waals surface area contributed by atoms with Gasteiger partial charge in [-0.3, -0.25) is 14.6 Å². The Morgan fingerprint density at radius 2 is 2.40 bits per heavy atom. The highest BCUT2D eigenvalue weighted by Crippen LogP contribution is 2.23. The molecule has 0 radical (unpaired) electrons. The van der Waals surface area contributed by atoms with Crippen molar-refractivity contribution in [1.82, 2.24) is 9.88 Å². The maximum atomic E-state index is 11.5. The van der Waals surface area contributed by atoms with E-state index >= 15 is 0 Å². The molecule has 20 heavy (non-hydrogen) atoms. The molecule has 0 spiro atoms. The second-order valence-electron chi connectivity index (χ2n) is 5.45. The van der Waals surface area contributed by atoms with E-state index in [1.165, 1.54) is 11.3 Å². The van der Waals surface area contributed by atoms with Crippen molar-refractivity contribution in [2.24, 2.45) is 5.92 Å². The number of aliphatic hydroxyl groups excluding tert-OH is 1. The van der Waals surface area contributed by atoms with Gasteiger partial charge in [-0.05, 0) is 25.8 Å². The van der Waals surface area contributed by atoms with Gasteiger partial charge >= 0.3 is 0 Å². The molecule has 1 aliphatic rings. The molecule has 1 saturated heterocycles. The smallest absolute Gasteiger partial charge is 0.225 e. The summed E-state index contributed by atoms with van der Waals surface area (Å²) in [6.07, 6.45) is 0.776. The first kappa shape index (κ1) is 15.4. The number of piperidine rings is 1. The predicted molar refractivity (Wildman–Crippen MR) is 80.9 cm³/mol. The molecule has 112 valence electrons. The molecule has 2 heterocycles. The van der Waals surface area contributed by atoms with Crippen molar-refractivity contribution in [3.63, 3.8) is 0 Å². The number of hydrogen-bond donors (Lipinski definition) is 1. The number of rotatable bonds is 4. The first-order valence-electron chi connectivity index (χ1n) is 7.14. The van der Waals surface area contributed by atoms with E-state index in [1.54, 1.807) is 11.8 Å². The molecule has 1 aliphatic heterocycles. The highest BCUT2D eigenvalue weighted by atomic mass is 32.1. The van der Waals surface area contributed by atoms with E-state index in [2.05, 4.69) is 16.8 Å². The molecule has 6 heteroatoms. The number of nitrogens with zero attached hydrogens (tertiary/aromatic N) is 3. The Kier molecular flexibility index (Phi) is 5.12. The summed E-state index contributed by atoms with van der Waals surface area (Å²) in [6.45, 7) is 8.69. The van der Waals surface area contributed by atoms with E-state index in [1.807, 2.05) is 12.3 Å². The third kappa shape index (κ3) is 3.56. The number of thiazole rings is 1. The number of carbonyl (C=O) groups excluding carboxylic acids is 1. The van der Waals surface area contributed by atoms with Crippen LogP contribution in [0.1, 0.15) is 32.9 Å². The van der Waals surface area contributed by atoms with Gasteiger partial charge in [0.15, 0.2) is 5.13 Å². The molecule has 1 amide bonds. The number of aromatic nitrogens is 1. The van der Waals surface area contributed by atoms with Gasteiger partial charge in [-0.25, -0.2) is 4.98 Å². The third-order valence-electron chi connectivity index (χ3n) is 3.86. The topological polar surface area (TPSA) is 56.7 Å². The maximum absolute atomic E-state index is 11.5. The van der Waals surface area contributed by atoms with Crippen LogP contribution in [0, 0.1) is 5.92 Å². The minimum absolute atomic E-state index is 0.0237. The zero-order chi connectivity index (χ0) is 14.7. The lowest BCUT2D eigenvalue weighted by Gasteiger charge is -2.33. The van der Waals surface area contributed by atoms with Crippen molar-refractivity contribution in [2.75, 3.05) is 24.5 Å². The lowest BCUT2D eigenvalue weighted by atomic mass is 9.96. The van der Waals surface area contributed by atoms with E-state index in [-0.39, 0.29) is 12.0 Å². The quantitative estimate of drug-likeness (QED) is 0.919.